The molecule has 31 heavy (non-hydrogen) atoms. The molecule has 4 rings (SSSR count). The number of nitriles is 1. The second-order valence-corrected chi connectivity index (χ2v) is 9.34. The van der Waals surface area contributed by atoms with Crippen LogP contribution < -0.4 is 0 Å². The van der Waals surface area contributed by atoms with Gasteiger partial charge in [-0.05, 0) is 84.7 Å². The van der Waals surface area contributed by atoms with Gasteiger partial charge in [-0.1, -0.05) is 65.7 Å². The van der Waals surface area contributed by atoms with Crippen LogP contribution in [0.2, 0.25) is 10.0 Å². The quantitative estimate of drug-likeness (QED) is 0.404. The molecule has 0 amide bonds. The molecule has 0 radical (unpaired) electrons. The predicted molar refractivity (Wildman–Crippen MR) is 129 cm³/mol. The van der Waals surface area contributed by atoms with Crippen LogP contribution in [0.3, 0.4) is 0 Å². The maximum absolute atomic E-state index is 9.27. The topological polar surface area (TPSA) is 27.0 Å². The number of rotatable bonds is 6. The van der Waals surface area contributed by atoms with Crippen molar-refractivity contribution in [3.8, 4) is 6.07 Å². The Balaban J connectivity index is 1.57. The molecule has 0 spiro atoms. The van der Waals surface area contributed by atoms with Crippen LogP contribution in [0.15, 0.2) is 66.7 Å². The van der Waals surface area contributed by atoms with Crippen LogP contribution in [-0.2, 0) is 13.0 Å². The van der Waals surface area contributed by atoms with E-state index in [0.29, 0.717) is 22.4 Å². The molecule has 1 saturated heterocycles. The highest BCUT2D eigenvalue weighted by Crippen LogP contribution is 2.37. The van der Waals surface area contributed by atoms with Crippen LogP contribution in [0, 0.1) is 24.2 Å². The van der Waals surface area contributed by atoms with Crippen molar-refractivity contribution in [3.63, 3.8) is 0 Å². The third-order valence-corrected chi connectivity index (χ3v) is 7.00. The number of aryl methyl sites for hydroxylation is 1. The highest BCUT2D eigenvalue weighted by atomic mass is 35.5. The van der Waals surface area contributed by atoms with Gasteiger partial charge in [-0.15, -0.1) is 0 Å². The number of hydrogen-bond acceptors (Lipinski definition) is 2. The molecule has 2 atom stereocenters. The summed E-state index contributed by atoms with van der Waals surface area (Å²) >= 11 is 12.5. The van der Waals surface area contributed by atoms with E-state index in [1.807, 2.05) is 24.3 Å². The molecule has 1 aliphatic heterocycles. The summed E-state index contributed by atoms with van der Waals surface area (Å²) in [5.74, 6) is 0.900. The van der Waals surface area contributed by atoms with E-state index in [9.17, 15) is 5.26 Å². The van der Waals surface area contributed by atoms with Crippen LogP contribution >= 0.6 is 23.2 Å². The van der Waals surface area contributed by atoms with Crippen molar-refractivity contribution >= 4 is 23.2 Å². The Morgan fingerprint density at radius 2 is 1.84 bits per heavy atom. The summed E-state index contributed by atoms with van der Waals surface area (Å²) in [5.41, 5.74) is 5.76. The second-order valence-electron chi connectivity index (χ2n) is 8.50. The fraction of sp³-hybridized carbons (Fsp3) is 0.296. The summed E-state index contributed by atoms with van der Waals surface area (Å²) < 4.78 is 0. The second kappa shape index (κ2) is 9.88. The van der Waals surface area contributed by atoms with Crippen LogP contribution in [0.4, 0.5) is 0 Å². The van der Waals surface area contributed by atoms with Gasteiger partial charge < -0.3 is 0 Å². The Labute approximate surface area is 195 Å². The fourth-order valence-electron chi connectivity index (χ4n) is 4.67. The lowest BCUT2D eigenvalue weighted by molar-refractivity contribution is 0.304. The average molecular weight is 449 g/mol. The summed E-state index contributed by atoms with van der Waals surface area (Å²) in [7, 11) is 0. The van der Waals surface area contributed by atoms with Gasteiger partial charge in [-0.25, -0.2) is 0 Å². The first-order chi connectivity index (χ1) is 15.0. The summed E-state index contributed by atoms with van der Waals surface area (Å²) in [6.45, 7) is 5.26. The SMILES string of the molecule is Cc1ccccc1CC(c1ccc(C#N)c(Cl)c1)[C@H]1CCN(Cc2ccc(Cl)cc2)C1. The average Bonchev–Trinajstić information content (AvgIpc) is 3.23. The van der Waals surface area contributed by atoms with E-state index in [1.165, 1.54) is 22.3 Å². The third-order valence-electron chi connectivity index (χ3n) is 6.44. The molecule has 3 aromatic carbocycles. The molecule has 0 N–H and O–H groups in total. The zero-order valence-electron chi connectivity index (χ0n) is 17.7. The normalized spacial score (nSPS) is 17.4. The van der Waals surface area contributed by atoms with E-state index >= 15 is 0 Å². The number of halogens is 2. The Morgan fingerprint density at radius 1 is 1.06 bits per heavy atom. The Morgan fingerprint density at radius 3 is 2.55 bits per heavy atom. The fourth-order valence-corrected chi connectivity index (χ4v) is 5.03. The van der Waals surface area contributed by atoms with Gasteiger partial charge in [0.05, 0.1) is 10.6 Å². The minimum Gasteiger partial charge on any atom is -0.299 e. The molecule has 0 bridgehead atoms. The molecule has 0 aromatic heterocycles. The molecule has 2 nitrogen and oxygen atoms in total. The number of hydrogen-bond donors (Lipinski definition) is 0. The van der Waals surface area contributed by atoms with E-state index in [2.05, 4.69) is 60.4 Å². The lowest BCUT2D eigenvalue weighted by Gasteiger charge is -2.26. The number of benzene rings is 3. The molecule has 1 fully saturated rings. The van der Waals surface area contributed by atoms with Gasteiger partial charge in [-0.3, -0.25) is 4.90 Å². The molecule has 1 aliphatic rings. The highest BCUT2D eigenvalue weighted by molar-refractivity contribution is 6.31. The summed E-state index contributed by atoms with van der Waals surface area (Å²) in [4.78, 5) is 2.53. The van der Waals surface area contributed by atoms with Gasteiger partial charge in [0, 0.05) is 18.1 Å². The molecular weight excluding hydrogens is 423 g/mol. The van der Waals surface area contributed by atoms with Crippen LogP contribution in [0.1, 0.15) is 40.2 Å². The zero-order valence-corrected chi connectivity index (χ0v) is 19.2. The van der Waals surface area contributed by atoms with E-state index in [0.717, 1.165) is 37.5 Å². The predicted octanol–water partition coefficient (Wildman–Crippen LogP) is 7.02. The standard InChI is InChI=1S/C27H26Cl2N2/c1-19-4-2-3-5-21(19)14-26(22-8-9-23(16-30)27(29)15-22)24-12-13-31(18-24)17-20-6-10-25(28)11-7-20/h2-11,15,24,26H,12-14,17-18H2,1H3/t24-,26?/m0/s1. The van der Waals surface area contributed by atoms with E-state index in [-0.39, 0.29) is 0 Å². The molecule has 0 saturated carbocycles. The van der Waals surface area contributed by atoms with Crippen molar-refractivity contribution in [3.05, 3.63) is 105 Å². The molecule has 3 aromatic rings. The first-order valence-electron chi connectivity index (χ1n) is 10.7. The highest BCUT2D eigenvalue weighted by Gasteiger charge is 2.31. The van der Waals surface area contributed by atoms with Crippen molar-refractivity contribution in [2.75, 3.05) is 13.1 Å². The first-order valence-corrected chi connectivity index (χ1v) is 11.5. The van der Waals surface area contributed by atoms with E-state index in [4.69, 9.17) is 23.2 Å². The maximum Gasteiger partial charge on any atom is 0.101 e. The summed E-state index contributed by atoms with van der Waals surface area (Å²) in [6, 6.07) is 24.9. The maximum atomic E-state index is 9.27. The van der Waals surface area contributed by atoms with Gasteiger partial charge in [0.1, 0.15) is 6.07 Å². The zero-order chi connectivity index (χ0) is 21.8. The molecule has 4 heteroatoms. The Bertz CT molecular complexity index is 1090. The van der Waals surface area contributed by atoms with Crippen molar-refractivity contribution in [2.45, 2.75) is 32.2 Å². The van der Waals surface area contributed by atoms with Crippen molar-refractivity contribution in [2.24, 2.45) is 5.92 Å². The lowest BCUT2D eigenvalue weighted by Crippen LogP contribution is -2.23. The van der Waals surface area contributed by atoms with E-state index < -0.39 is 0 Å². The van der Waals surface area contributed by atoms with Gasteiger partial charge >= 0.3 is 0 Å². The summed E-state index contributed by atoms with van der Waals surface area (Å²) in [5, 5.41) is 10.6. The third kappa shape index (κ3) is 5.31. The van der Waals surface area contributed by atoms with Gasteiger partial charge in [0.25, 0.3) is 0 Å². The van der Waals surface area contributed by atoms with Crippen molar-refractivity contribution in [1.29, 1.82) is 5.26 Å². The van der Waals surface area contributed by atoms with E-state index in [1.54, 1.807) is 0 Å². The molecule has 1 unspecified atom stereocenters. The monoisotopic (exact) mass is 448 g/mol. The number of nitrogens with zero attached hydrogens (tertiary/aromatic N) is 2. The minimum absolute atomic E-state index is 0.363. The summed E-state index contributed by atoms with van der Waals surface area (Å²) in [6.07, 6.45) is 2.14. The molecule has 158 valence electrons. The molecule has 0 aliphatic carbocycles. The van der Waals surface area contributed by atoms with Gasteiger partial charge in [0.15, 0.2) is 0 Å². The van der Waals surface area contributed by atoms with Crippen LogP contribution in [-0.4, -0.2) is 18.0 Å². The lowest BCUT2D eigenvalue weighted by atomic mass is 9.80. The van der Waals surface area contributed by atoms with Crippen molar-refractivity contribution < 1.29 is 0 Å². The molecule has 1 heterocycles. The smallest absolute Gasteiger partial charge is 0.101 e. The largest absolute Gasteiger partial charge is 0.299 e. The van der Waals surface area contributed by atoms with Gasteiger partial charge in [-0.2, -0.15) is 5.26 Å². The van der Waals surface area contributed by atoms with Crippen molar-refractivity contribution in [1.82, 2.24) is 4.90 Å². The molecular formula is C27H26Cl2N2. The van der Waals surface area contributed by atoms with Gasteiger partial charge in [0.2, 0.25) is 0 Å². The van der Waals surface area contributed by atoms with Crippen LogP contribution in [0.5, 0.6) is 0 Å². The Hall–Kier alpha value is -2.31. The number of likely N-dealkylation sites (tertiary alicyclic amines) is 1. The minimum atomic E-state index is 0.363. The van der Waals surface area contributed by atoms with Crippen LogP contribution in [0.25, 0.3) is 0 Å². The Kier molecular flexibility index (Phi) is 6.98. The first kappa shape index (κ1) is 21.9.